The molecule has 5 heteroatoms. The van der Waals surface area contributed by atoms with Gasteiger partial charge in [0, 0.05) is 38.2 Å². The molecule has 0 aliphatic rings. The molecule has 0 spiro atoms. The van der Waals surface area contributed by atoms with Crippen LogP contribution in [-0.2, 0) is 0 Å². The fraction of sp³-hybridized carbons (Fsp3) is 0. The molecule has 0 atom stereocenters. The van der Waals surface area contributed by atoms with Crippen LogP contribution in [0.2, 0.25) is 0 Å². The van der Waals surface area contributed by atoms with E-state index >= 15 is 0 Å². The molecule has 0 amide bonds. The van der Waals surface area contributed by atoms with Gasteiger partial charge in [-0.15, -0.1) is 0 Å². The van der Waals surface area contributed by atoms with Gasteiger partial charge >= 0.3 is 0 Å². The molecule has 0 unspecified atom stereocenters. The molecule has 0 N–H and O–H groups in total. The highest BCUT2D eigenvalue weighted by Crippen LogP contribution is 2.38. The van der Waals surface area contributed by atoms with Gasteiger partial charge in [0.2, 0.25) is 0 Å². The predicted molar refractivity (Wildman–Crippen MR) is 202 cm³/mol. The number of furan rings is 2. The summed E-state index contributed by atoms with van der Waals surface area (Å²) >= 11 is 0. The Kier molecular flexibility index (Phi) is 4.38. The summed E-state index contributed by atoms with van der Waals surface area (Å²) in [5.41, 5.74) is 2.67. The van der Waals surface area contributed by atoms with Gasteiger partial charge in [0.25, 0.3) is 0 Å². The molecule has 10 rings (SSSR count). The molecule has 0 radical (unpaired) electrons. The normalized spacial score (nSPS) is 14.7. The maximum atomic E-state index is 9.48. The monoisotopic (exact) mass is 652 g/mol. The van der Waals surface area contributed by atoms with Crippen LogP contribution in [0.1, 0.15) is 15.1 Å². The molecule has 7 aromatic carbocycles. The Labute approximate surface area is 302 Å². The summed E-state index contributed by atoms with van der Waals surface area (Å²) in [7, 11) is 0. The standard InChI is InChI=1S/C45H27N3O2/c1-3-10-28(11-4-1)30-18-20-31(21-19-30)43-46-44(48-45(47-43)36-15-9-17-40-42(36)35-14-7-8-16-38(35)49-40)33-22-24-34-37-26-32(29-12-5-2-6-13-29)23-25-39(37)50-41(34)27-33/h1-27H/i2D,5D,6D,12D,13D,22D,23D,24D,25D,26D,27D. The number of rotatable bonds is 5. The first kappa shape index (κ1) is 19.2. The topological polar surface area (TPSA) is 65.0 Å². The smallest absolute Gasteiger partial charge is 0.164 e. The zero-order valence-electron chi connectivity index (χ0n) is 36.9. The third-order valence-corrected chi connectivity index (χ3v) is 8.51. The van der Waals surface area contributed by atoms with Gasteiger partial charge in [0.15, 0.2) is 17.5 Å². The van der Waals surface area contributed by atoms with Crippen molar-refractivity contribution in [2.45, 2.75) is 0 Å². The van der Waals surface area contributed by atoms with E-state index in [9.17, 15) is 5.48 Å². The summed E-state index contributed by atoms with van der Waals surface area (Å²) < 4.78 is 109. The molecule has 0 saturated carbocycles. The van der Waals surface area contributed by atoms with Crippen molar-refractivity contribution in [3.63, 3.8) is 0 Å². The minimum Gasteiger partial charge on any atom is -0.456 e. The van der Waals surface area contributed by atoms with Crippen molar-refractivity contribution in [2.24, 2.45) is 0 Å². The second-order valence-corrected chi connectivity index (χ2v) is 11.5. The van der Waals surface area contributed by atoms with E-state index in [1.807, 2.05) is 97.1 Å². The highest BCUT2D eigenvalue weighted by Gasteiger charge is 2.19. The summed E-state index contributed by atoms with van der Waals surface area (Å²) in [6, 6.07) is 23.8. The molecule has 0 fully saturated rings. The van der Waals surface area contributed by atoms with E-state index in [1.54, 1.807) is 0 Å². The van der Waals surface area contributed by atoms with Crippen LogP contribution in [0.15, 0.2) is 172 Å². The van der Waals surface area contributed by atoms with Crippen molar-refractivity contribution in [3.05, 3.63) is 164 Å². The first-order valence-electron chi connectivity index (χ1n) is 21.2. The van der Waals surface area contributed by atoms with Gasteiger partial charge in [0.05, 0.1) is 15.1 Å². The second-order valence-electron chi connectivity index (χ2n) is 11.5. The highest BCUT2D eigenvalue weighted by molar-refractivity contribution is 6.12. The van der Waals surface area contributed by atoms with Crippen LogP contribution in [0.4, 0.5) is 0 Å². The van der Waals surface area contributed by atoms with E-state index in [4.69, 9.17) is 33.4 Å². The molecular formula is C45H27N3O2. The van der Waals surface area contributed by atoms with E-state index in [-0.39, 0.29) is 45.0 Å². The first-order valence-corrected chi connectivity index (χ1v) is 15.7. The molecule has 0 bridgehead atoms. The van der Waals surface area contributed by atoms with Gasteiger partial charge in [-0.05, 0) is 58.6 Å². The summed E-state index contributed by atoms with van der Waals surface area (Å²) in [5, 5.41) is 1.14. The van der Waals surface area contributed by atoms with E-state index < -0.39 is 77.6 Å². The number of para-hydroxylation sites is 1. The highest BCUT2D eigenvalue weighted by atomic mass is 16.3. The predicted octanol–water partition coefficient (Wildman–Crippen LogP) is 12.0. The maximum Gasteiger partial charge on any atom is 0.164 e. The Morgan fingerprint density at radius 1 is 0.380 bits per heavy atom. The zero-order valence-corrected chi connectivity index (χ0v) is 25.9. The van der Waals surface area contributed by atoms with E-state index in [0.29, 0.717) is 22.3 Å². The second kappa shape index (κ2) is 11.4. The van der Waals surface area contributed by atoms with Crippen molar-refractivity contribution in [1.29, 1.82) is 0 Å². The zero-order chi connectivity index (χ0) is 42.6. The quantitative estimate of drug-likeness (QED) is 0.185. The molecule has 0 aliphatic heterocycles. The number of hydrogen-bond donors (Lipinski definition) is 0. The van der Waals surface area contributed by atoms with Crippen LogP contribution in [-0.4, -0.2) is 15.0 Å². The Bertz CT molecular complexity index is 3470. The summed E-state index contributed by atoms with van der Waals surface area (Å²) in [6.07, 6.45) is 0. The average Bonchev–Trinajstić information content (AvgIpc) is 3.88. The largest absolute Gasteiger partial charge is 0.456 e. The molecule has 3 aromatic heterocycles. The van der Waals surface area contributed by atoms with Crippen molar-refractivity contribution in [3.8, 4) is 56.4 Å². The third kappa shape index (κ3) is 4.75. The van der Waals surface area contributed by atoms with Gasteiger partial charge in [0.1, 0.15) is 22.3 Å². The molecule has 50 heavy (non-hydrogen) atoms. The number of fused-ring (bicyclic) bond motifs is 6. The Balaban J connectivity index is 1.24. The van der Waals surface area contributed by atoms with Crippen LogP contribution in [0.5, 0.6) is 0 Å². The van der Waals surface area contributed by atoms with Gasteiger partial charge in [-0.3, -0.25) is 0 Å². The fourth-order valence-electron chi connectivity index (χ4n) is 6.14. The molecule has 0 saturated heterocycles. The van der Waals surface area contributed by atoms with Crippen molar-refractivity contribution >= 4 is 43.9 Å². The molecule has 10 aromatic rings. The molecule has 0 aliphatic carbocycles. The third-order valence-electron chi connectivity index (χ3n) is 8.51. The Hall–Kier alpha value is -6.85. The fourth-order valence-corrected chi connectivity index (χ4v) is 6.14. The summed E-state index contributed by atoms with van der Waals surface area (Å²) in [5.74, 6) is 0.285. The lowest BCUT2D eigenvalue weighted by Gasteiger charge is -2.10. The van der Waals surface area contributed by atoms with Crippen LogP contribution < -0.4 is 0 Å². The SMILES string of the molecule is [2H]c1c([2H])c([2H])c(-c2c([2H])c([2H])c3oc4c([2H])c(-c5nc(-c6ccc(-c7ccccc7)cc6)nc(-c6cccc7oc8ccccc8c67)n5)c([2H])c([2H])c4c3c2[2H])c([2H])c1[2H]. The van der Waals surface area contributed by atoms with Crippen LogP contribution >= 0.6 is 0 Å². The minimum atomic E-state index is -0.688. The number of aromatic nitrogens is 3. The van der Waals surface area contributed by atoms with Crippen molar-refractivity contribution < 1.29 is 23.9 Å². The number of benzene rings is 7. The van der Waals surface area contributed by atoms with Gasteiger partial charge in [-0.25, -0.2) is 15.0 Å². The lowest BCUT2D eigenvalue weighted by atomic mass is 10.0. The van der Waals surface area contributed by atoms with E-state index in [1.165, 1.54) is 0 Å². The minimum absolute atomic E-state index is 0.124. The maximum absolute atomic E-state index is 9.48. The molecule has 3 heterocycles. The van der Waals surface area contributed by atoms with Gasteiger partial charge < -0.3 is 8.83 Å². The van der Waals surface area contributed by atoms with Crippen LogP contribution in [0, 0.1) is 0 Å². The molecule has 234 valence electrons. The van der Waals surface area contributed by atoms with Crippen LogP contribution in [0.3, 0.4) is 0 Å². The number of nitrogens with zero attached hydrogens (tertiary/aromatic N) is 3. The summed E-state index contributed by atoms with van der Waals surface area (Å²) in [6.45, 7) is 0. The average molecular weight is 653 g/mol. The van der Waals surface area contributed by atoms with Crippen LogP contribution in [0.25, 0.3) is 100 Å². The Morgan fingerprint density at radius 3 is 1.92 bits per heavy atom. The van der Waals surface area contributed by atoms with E-state index in [0.717, 1.165) is 21.9 Å². The van der Waals surface area contributed by atoms with Crippen molar-refractivity contribution in [1.82, 2.24) is 15.0 Å². The lowest BCUT2D eigenvalue weighted by Crippen LogP contribution is -2.00. The lowest BCUT2D eigenvalue weighted by molar-refractivity contribution is 0.668. The summed E-state index contributed by atoms with van der Waals surface area (Å²) in [4.78, 5) is 14.6. The first-order chi connectivity index (χ1) is 29.3. The van der Waals surface area contributed by atoms with Crippen molar-refractivity contribution in [2.75, 3.05) is 0 Å². The van der Waals surface area contributed by atoms with Gasteiger partial charge in [-0.1, -0.05) is 127 Å². The Morgan fingerprint density at radius 2 is 1.06 bits per heavy atom. The molecule has 5 nitrogen and oxygen atoms in total. The number of hydrogen-bond acceptors (Lipinski definition) is 5. The molecular weight excluding hydrogens is 615 g/mol. The van der Waals surface area contributed by atoms with Gasteiger partial charge in [-0.2, -0.15) is 0 Å². The van der Waals surface area contributed by atoms with E-state index in [2.05, 4.69) is 0 Å².